The van der Waals surface area contributed by atoms with Crippen molar-refractivity contribution < 1.29 is 46.7 Å². The number of H-pyrrole nitrogens is 1. The zero-order valence-electron chi connectivity index (χ0n) is 22.8. The SMILES string of the molecule is N=Nc1c(N2C[C@]3(OP(O)(=S)OC[C@H]4O[C@@H](n5nnc6c(N)ncnc65)[C@@H](F)[C@@H]4O[PH](O)=S)[C@@H](F)[C@@H](CO)O[C@@H]23)nc(N)[nH]c1=O. The number of alkyl halides is 2. The topological polar surface area (TPSA) is 301 Å². The van der Waals surface area contributed by atoms with Crippen molar-refractivity contribution in [1.82, 2.24) is 34.9 Å². The molecule has 3 fully saturated rings. The molecule has 3 aromatic heterocycles. The molecule has 0 aliphatic carbocycles. The van der Waals surface area contributed by atoms with Gasteiger partial charge in [-0.15, -0.1) is 10.2 Å². The molecule has 0 radical (unpaired) electrons. The number of nitrogen functional groups attached to an aromatic ring is 2. The molecule has 3 aromatic rings. The van der Waals surface area contributed by atoms with Gasteiger partial charge in [-0.1, -0.05) is 5.21 Å². The quantitative estimate of drug-likeness (QED) is 0.0902. The average Bonchev–Trinajstić information content (AvgIpc) is 3.60. The number of nitrogens with one attached hydrogen (secondary N) is 2. The van der Waals surface area contributed by atoms with Crippen molar-refractivity contribution in [1.29, 1.82) is 5.53 Å². The Bertz CT molecular complexity index is 1810. The number of nitrogens with two attached hydrogens (primary N) is 2. The Morgan fingerprint density at radius 2 is 2.09 bits per heavy atom. The lowest BCUT2D eigenvalue weighted by atomic mass is 9.87. The highest BCUT2D eigenvalue weighted by molar-refractivity contribution is 8.07. The number of hydrogen-bond acceptors (Lipinski definition) is 19. The highest BCUT2D eigenvalue weighted by atomic mass is 32.5. The van der Waals surface area contributed by atoms with E-state index in [4.69, 9.17) is 63.7 Å². The van der Waals surface area contributed by atoms with E-state index in [-0.39, 0.29) is 28.7 Å². The lowest BCUT2D eigenvalue weighted by molar-refractivity contribution is -0.102. The molecule has 3 aliphatic rings. The molecule has 0 amide bonds. The Morgan fingerprint density at radius 3 is 2.78 bits per heavy atom. The van der Waals surface area contributed by atoms with Gasteiger partial charge in [-0.25, -0.2) is 24.3 Å². The fourth-order valence-electron chi connectivity index (χ4n) is 5.40. The van der Waals surface area contributed by atoms with Crippen LogP contribution in [-0.2, 0) is 46.7 Å². The Kier molecular flexibility index (Phi) is 8.88. The van der Waals surface area contributed by atoms with Crippen LogP contribution in [0.5, 0.6) is 0 Å². The molecule has 6 heterocycles. The molecule has 46 heavy (non-hydrogen) atoms. The van der Waals surface area contributed by atoms with Gasteiger partial charge in [-0.3, -0.25) is 14.3 Å². The molecular formula is C19H24F2N12O9P2S2. The smallest absolute Gasteiger partial charge is 0.325 e. The second-order valence-electron chi connectivity index (χ2n) is 10.1. The third kappa shape index (κ3) is 5.58. The fraction of sp³-hybridized carbons (Fsp3) is 0.579. The van der Waals surface area contributed by atoms with Crippen LogP contribution in [0.15, 0.2) is 16.2 Å². The van der Waals surface area contributed by atoms with E-state index in [1.54, 1.807) is 0 Å². The molecule has 9 N–H and O–H groups in total. The van der Waals surface area contributed by atoms with Crippen LogP contribution in [0.3, 0.4) is 0 Å². The van der Waals surface area contributed by atoms with E-state index in [9.17, 15) is 19.7 Å². The maximum absolute atomic E-state index is 15.7. The van der Waals surface area contributed by atoms with Crippen molar-refractivity contribution in [3.8, 4) is 0 Å². The van der Waals surface area contributed by atoms with Gasteiger partial charge in [0.05, 0.1) is 19.8 Å². The molecule has 0 aromatic carbocycles. The van der Waals surface area contributed by atoms with Crippen LogP contribution in [0, 0.1) is 5.53 Å². The number of aromatic amines is 1. The second-order valence-corrected chi connectivity index (χ2v) is 14.7. The molecule has 6 rings (SSSR count). The predicted octanol–water partition coefficient (Wildman–Crippen LogP) is -1.19. The van der Waals surface area contributed by atoms with Gasteiger partial charge in [0.2, 0.25) is 5.95 Å². The molecule has 250 valence electrons. The lowest BCUT2D eigenvalue weighted by Crippen LogP contribution is -2.72. The third-order valence-electron chi connectivity index (χ3n) is 7.40. The summed E-state index contributed by atoms with van der Waals surface area (Å²) >= 11 is 9.90. The van der Waals surface area contributed by atoms with Gasteiger partial charge in [0.15, 0.2) is 66.0 Å². The first-order valence-corrected chi connectivity index (χ1v) is 18.0. The molecular weight excluding hydrogens is 704 g/mol. The van der Waals surface area contributed by atoms with Crippen molar-refractivity contribution >= 4 is 71.9 Å². The Hall–Kier alpha value is -2.80. The van der Waals surface area contributed by atoms with Crippen molar-refractivity contribution in [2.75, 3.05) is 36.1 Å². The fourth-order valence-corrected chi connectivity index (χ4v) is 7.92. The van der Waals surface area contributed by atoms with Crippen LogP contribution >= 0.6 is 13.9 Å². The van der Waals surface area contributed by atoms with Crippen LogP contribution in [0.25, 0.3) is 11.2 Å². The van der Waals surface area contributed by atoms with Crippen molar-refractivity contribution in [3.63, 3.8) is 0 Å². The van der Waals surface area contributed by atoms with Crippen molar-refractivity contribution in [2.45, 2.75) is 48.7 Å². The summed E-state index contributed by atoms with van der Waals surface area (Å²) in [7, 11) is -2.91. The van der Waals surface area contributed by atoms with E-state index >= 15 is 8.78 Å². The number of nitrogens with zero attached hydrogens (tertiary/aromatic N) is 8. The Morgan fingerprint density at radius 1 is 1.33 bits per heavy atom. The normalized spacial score (nSPS) is 32.6. The highest BCUT2D eigenvalue weighted by Gasteiger charge is 2.70. The molecule has 0 spiro atoms. The van der Waals surface area contributed by atoms with Crippen molar-refractivity contribution in [3.05, 3.63) is 16.7 Å². The van der Waals surface area contributed by atoms with Gasteiger partial charge < -0.3 is 49.8 Å². The minimum absolute atomic E-state index is 0.0235. The van der Waals surface area contributed by atoms with E-state index in [1.165, 1.54) is 4.90 Å². The number of fused-ring (bicyclic) bond motifs is 2. The zero-order valence-corrected chi connectivity index (χ0v) is 26.3. The van der Waals surface area contributed by atoms with Crippen molar-refractivity contribution in [2.24, 2.45) is 5.11 Å². The van der Waals surface area contributed by atoms with E-state index in [1.807, 2.05) is 0 Å². The standard InChI is InChI=1S/C19H24F2N12O9P2S2/c20-7-10(41-43(36)45)6(39-16(7)33-13-8(30-31-33)12(22)25-4-26-13)2-38-44(37,46)42-19-3-32(17(19)40-5(1-34)11(19)21)14-9(29-24)15(35)28-18(23)27-14/h4-7,10-11,16-17,24,34,43H,1-3H2,(H,36,45)(H,37,46)(H2,22,25,26)(H3,23,27,28,35)/t5-,6-,7+,10-,11+,16-,17-,19+,44?/m1/s1. The first-order chi connectivity index (χ1) is 21.8. The van der Waals surface area contributed by atoms with Crippen LogP contribution < -0.4 is 21.9 Å². The molecule has 27 heteroatoms. The second kappa shape index (κ2) is 12.3. The minimum atomic E-state index is -4.46. The minimum Gasteiger partial charge on any atom is -0.394 e. The molecule has 2 unspecified atom stereocenters. The predicted molar refractivity (Wildman–Crippen MR) is 157 cm³/mol. The van der Waals surface area contributed by atoms with Crippen LogP contribution in [0.2, 0.25) is 0 Å². The summed E-state index contributed by atoms with van der Waals surface area (Å²) in [5.74, 6) is -0.617. The molecule has 0 bridgehead atoms. The summed E-state index contributed by atoms with van der Waals surface area (Å²) in [6, 6.07) is 0. The number of aromatic nitrogens is 7. The van der Waals surface area contributed by atoms with Crippen LogP contribution in [0.1, 0.15) is 6.23 Å². The maximum Gasteiger partial charge on any atom is 0.325 e. The van der Waals surface area contributed by atoms with E-state index in [0.717, 1.165) is 11.0 Å². The van der Waals surface area contributed by atoms with Crippen LogP contribution in [0.4, 0.5) is 32.1 Å². The van der Waals surface area contributed by atoms with Gasteiger partial charge >= 0.3 is 6.72 Å². The van der Waals surface area contributed by atoms with Crippen LogP contribution in [-0.4, -0.2) is 112 Å². The first kappa shape index (κ1) is 33.1. The zero-order chi connectivity index (χ0) is 33.1. The summed E-state index contributed by atoms with van der Waals surface area (Å²) in [4.78, 5) is 48.2. The summed E-state index contributed by atoms with van der Waals surface area (Å²) < 4.78 is 60.1. The largest absolute Gasteiger partial charge is 0.394 e. The number of rotatable bonds is 11. The molecule has 3 aliphatic heterocycles. The number of hydrogen-bond donors (Lipinski definition) is 7. The first-order valence-electron chi connectivity index (χ1n) is 12.9. The number of ether oxygens (including phenoxy) is 2. The van der Waals surface area contributed by atoms with Gasteiger partial charge in [-0.05, 0) is 23.6 Å². The van der Waals surface area contributed by atoms with Gasteiger partial charge in [0, 0.05) is 0 Å². The summed E-state index contributed by atoms with van der Waals surface area (Å²) in [6.45, 7) is -6.44. The molecule has 21 nitrogen and oxygen atoms in total. The Labute approximate surface area is 265 Å². The Balaban J connectivity index is 1.22. The number of anilines is 3. The molecule has 3 saturated heterocycles. The molecule has 10 atom stereocenters. The number of aliphatic hydroxyl groups excluding tert-OH is 1. The summed E-state index contributed by atoms with van der Waals surface area (Å²) in [5.41, 5.74) is 15.5. The lowest BCUT2D eigenvalue weighted by Gasteiger charge is -2.52. The monoisotopic (exact) mass is 728 g/mol. The van der Waals surface area contributed by atoms with Gasteiger partial charge in [0.1, 0.15) is 24.6 Å². The summed E-state index contributed by atoms with van der Waals surface area (Å²) in [5, 5.41) is 20.5. The summed E-state index contributed by atoms with van der Waals surface area (Å²) in [6.07, 6.45) is -10.4. The van der Waals surface area contributed by atoms with E-state index < -0.39 is 93.6 Å². The van der Waals surface area contributed by atoms with Gasteiger partial charge in [0.25, 0.3) is 5.56 Å². The third-order valence-corrected chi connectivity index (χ3v) is 9.74. The van der Waals surface area contributed by atoms with E-state index in [2.05, 4.69) is 35.4 Å². The highest BCUT2D eigenvalue weighted by Crippen LogP contribution is 2.58. The van der Waals surface area contributed by atoms with Gasteiger partial charge in [-0.2, -0.15) is 9.67 Å². The van der Waals surface area contributed by atoms with E-state index in [0.29, 0.717) is 0 Å². The maximum atomic E-state index is 15.7. The molecule has 0 saturated carbocycles. The number of aliphatic hydroxyl groups is 1. The number of halogens is 2. The average molecular weight is 729 g/mol.